The fourth-order valence-electron chi connectivity index (χ4n) is 3.23. The van der Waals surface area contributed by atoms with E-state index in [0.29, 0.717) is 24.6 Å². The van der Waals surface area contributed by atoms with Crippen LogP contribution < -0.4 is 0 Å². The minimum Gasteiger partial charge on any atom is -0.342 e. The molecule has 0 N–H and O–H groups in total. The van der Waals surface area contributed by atoms with Crippen LogP contribution in [0.15, 0.2) is 18.3 Å². The smallest absolute Gasteiger partial charge is 0.342 e. The highest BCUT2D eigenvalue weighted by molar-refractivity contribution is 5.78. The second-order valence-electron chi connectivity index (χ2n) is 6.63. The van der Waals surface area contributed by atoms with E-state index in [1.54, 1.807) is 4.90 Å². The van der Waals surface area contributed by atoms with Crippen molar-refractivity contribution in [2.24, 2.45) is 5.92 Å². The molecule has 3 heterocycles. The van der Waals surface area contributed by atoms with Crippen molar-refractivity contribution in [2.45, 2.75) is 45.2 Å². The van der Waals surface area contributed by atoms with Crippen LogP contribution in [0.2, 0.25) is 0 Å². The average Bonchev–Trinajstić information content (AvgIpc) is 3.03. The van der Waals surface area contributed by atoms with Crippen LogP contribution in [0.1, 0.15) is 50.4 Å². The van der Waals surface area contributed by atoms with E-state index in [0.717, 1.165) is 31.5 Å². The Morgan fingerprint density at radius 3 is 2.80 bits per heavy atom. The number of carbonyl (C=O) groups excluding carboxylic acids is 1. The van der Waals surface area contributed by atoms with Crippen LogP contribution in [0.4, 0.5) is 13.2 Å². The van der Waals surface area contributed by atoms with Gasteiger partial charge >= 0.3 is 6.18 Å². The molecule has 8 heteroatoms. The van der Waals surface area contributed by atoms with E-state index in [2.05, 4.69) is 10.2 Å². The van der Waals surface area contributed by atoms with Crippen molar-refractivity contribution in [1.82, 2.24) is 19.5 Å². The van der Waals surface area contributed by atoms with Crippen molar-refractivity contribution in [3.63, 3.8) is 0 Å². The number of halogens is 3. The topological polar surface area (TPSA) is 50.5 Å². The van der Waals surface area contributed by atoms with Gasteiger partial charge in [0.05, 0.1) is 5.56 Å². The lowest BCUT2D eigenvalue weighted by molar-refractivity contribution is -0.138. The number of aromatic nitrogens is 3. The van der Waals surface area contributed by atoms with Gasteiger partial charge in [0.2, 0.25) is 5.91 Å². The van der Waals surface area contributed by atoms with E-state index in [4.69, 9.17) is 0 Å². The monoisotopic (exact) mass is 354 g/mol. The zero-order valence-electron chi connectivity index (χ0n) is 14.3. The van der Waals surface area contributed by atoms with Gasteiger partial charge < -0.3 is 4.90 Å². The number of amides is 1. The maximum atomic E-state index is 13.0. The fourth-order valence-corrected chi connectivity index (χ4v) is 3.23. The summed E-state index contributed by atoms with van der Waals surface area (Å²) in [7, 11) is 0. The largest absolute Gasteiger partial charge is 0.417 e. The maximum Gasteiger partial charge on any atom is 0.417 e. The Labute approximate surface area is 143 Å². The van der Waals surface area contributed by atoms with Gasteiger partial charge in [0, 0.05) is 31.1 Å². The lowest BCUT2D eigenvalue weighted by atomic mass is 9.95. The predicted octanol–water partition coefficient (Wildman–Crippen LogP) is 3.50. The van der Waals surface area contributed by atoms with Gasteiger partial charge in [-0.25, -0.2) is 0 Å². The number of fused-ring (bicyclic) bond motifs is 1. The van der Waals surface area contributed by atoms with Crippen LogP contribution in [-0.4, -0.2) is 38.5 Å². The predicted molar refractivity (Wildman–Crippen MR) is 86.0 cm³/mol. The molecule has 0 aromatic carbocycles. The summed E-state index contributed by atoms with van der Waals surface area (Å²) in [5, 5.41) is 8.09. The first-order valence-corrected chi connectivity index (χ1v) is 8.52. The van der Waals surface area contributed by atoms with Crippen molar-refractivity contribution in [1.29, 1.82) is 0 Å². The second kappa shape index (κ2) is 6.65. The number of piperidine rings is 1. The molecule has 0 aliphatic carbocycles. The third-order valence-corrected chi connectivity index (χ3v) is 4.89. The van der Waals surface area contributed by atoms with Crippen LogP contribution in [0, 0.1) is 5.92 Å². The van der Waals surface area contributed by atoms with E-state index in [1.165, 1.54) is 10.5 Å². The van der Waals surface area contributed by atoms with Gasteiger partial charge in [0.1, 0.15) is 5.82 Å². The number of alkyl halides is 3. The summed E-state index contributed by atoms with van der Waals surface area (Å²) in [6.45, 7) is 5.02. The zero-order valence-corrected chi connectivity index (χ0v) is 14.3. The van der Waals surface area contributed by atoms with Crippen LogP contribution in [-0.2, 0) is 11.0 Å². The molecule has 0 saturated carbocycles. The molecule has 0 spiro atoms. The normalized spacial score (nSPS) is 20.0. The van der Waals surface area contributed by atoms with Gasteiger partial charge in [-0.05, 0) is 31.4 Å². The molecular formula is C17H21F3N4O. The third kappa shape index (κ3) is 3.48. The molecule has 1 aliphatic heterocycles. The second-order valence-corrected chi connectivity index (χ2v) is 6.63. The molecule has 2 aromatic rings. The highest BCUT2D eigenvalue weighted by Crippen LogP contribution is 2.31. The van der Waals surface area contributed by atoms with Gasteiger partial charge in [-0.15, -0.1) is 10.2 Å². The van der Waals surface area contributed by atoms with E-state index in [-0.39, 0.29) is 17.7 Å². The highest BCUT2D eigenvalue weighted by Gasteiger charge is 2.33. The number of carbonyl (C=O) groups is 1. The van der Waals surface area contributed by atoms with Gasteiger partial charge in [0.15, 0.2) is 5.65 Å². The number of rotatable bonds is 3. The molecule has 0 unspecified atom stereocenters. The lowest BCUT2D eigenvalue weighted by Gasteiger charge is -2.33. The van der Waals surface area contributed by atoms with E-state index < -0.39 is 11.7 Å². The van der Waals surface area contributed by atoms with Crippen LogP contribution in [0.25, 0.3) is 5.65 Å². The van der Waals surface area contributed by atoms with E-state index in [9.17, 15) is 18.0 Å². The van der Waals surface area contributed by atoms with Crippen LogP contribution in [0.3, 0.4) is 0 Å². The minimum absolute atomic E-state index is 0.0503. The molecule has 3 rings (SSSR count). The Morgan fingerprint density at radius 1 is 1.36 bits per heavy atom. The molecular weight excluding hydrogens is 333 g/mol. The fraction of sp³-hybridized carbons (Fsp3) is 0.588. The van der Waals surface area contributed by atoms with Crippen molar-refractivity contribution in [2.75, 3.05) is 13.1 Å². The number of hydrogen-bond donors (Lipinski definition) is 0. The Bertz CT molecular complexity index is 771. The molecule has 2 aromatic heterocycles. The third-order valence-electron chi connectivity index (χ3n) is 4.89. The number of nitrogens with zero attached hydrogens (tertiary/aromatic N) is 4. The van der Waals surface area contributed by atoms with Crippen LogP contribution >= 0.6 is 0 Å². The molecule has 136 valence electrons. The Hall–Kier alpha value is -2.12. The summed E-state index contributed by atoms with van der Waals surface area (Å²) in [5.41, 5.74) is -0.349. The standard InChI is InChI=1S/C17H21F3N4O/c1-3-11(2)16(25)23-8-4-5-12(9-23)15-22-21-14-7-6-13(10-24(14)15)17(18,19)20/h6-7,10-12H,3-5,8-9H2,1-2H3/t11-,12+/m0/s1. The highest BCUT2D eigenvalue weighted by atomic mass is 19.4. The van der Waals surface area contributed by atoms with Crippen molar-refractivity contribution >= 4 is 11.6 Å². The number of pyridine rings is 1. The molecule has 1 aliphatic rings. The van der Waals surface area contributed by atoms with Crippen molar-refractivity contribution in [3.05, 3.63) is 29.7 Å². The molecule has 25 heavy (non-hydrogen) atoms. The van der Waals surface area contributed by atoms with E-state index in [1.807, 2.05) is 13.8 Å². The first-order chi connectivity index (χ1) is 11.8. The molecule has 1 fully saturated rings. The summed E-state index contributed by atoms with van der Waals surface area (Å²) in [5.74, 6) is 0.422. The van der Waals surface area contributed by atoms with Crippen molar-refractivity contribution in [3.8, 4) is 0 Å². The molecule has 1 saturated heterocycles. The zero-order chi connectivity index (χ0) is 18.2. The minimum atomic E-state index is -4.42. The molecule has 0 radical (unpaired) electrons. The van der Waals surface area contributed by atoms with E-state index >= 15 is 0 Å². The maximum absolute atomic E-state index is 13.0. The summed E-state index contributed by atoms with van der Waals surface area (Å²) >= 11 is 0. The van der Waals surface area contributed by atoms with Gasteiger partial charge in [-0.1, -0.05) is 13.8 Å². The quantitative estimate of drug-likeness (QED) is 0.848. The number of hydrogen-bond acceptors (Lipinski definition) is 3. The summed E-state index contributed by atoms with van der Waals surface area (Å²) in [6.07, 6.45) is -1.02. The van der Waals surface area contributed by atoms with Crippen LogP contribution in [0.5, 0.6) is 0 Å². The molecule has 2 atom stereocenters. The lowest BCUT2D eigenvalue weighted by Crippen LogP contribution is -2.42. The number of likely N-dealkylation sites (tertiary alicyclic amines) is 1. The summed E-state index contributed by atoms with van der Waals surface area (Å²) < 4.78 is 40.4. The Morgan fingerprint density at radius 2 is 2.12 bits per heavy atom. The Kier molecular flexibility index (Phi) is 4.71. The SMILES string of the molecule is CC[C@H](C)C(=O)N1CCC[C@@H](c2nnc3ccc(C(F)(F)F)cn23)C1. The summed E-state index contributed by atoms with van der Waals surface area (Å²) in [6, 6.07) is 2.33. The first-order valence-electron chi connectivity index (χ1n) is 8.52. The molecule has 0 bridgehead atoms. The summed E-state index contributed by atoms with van der Waals surface area (Å²) in [4.78, 5) is 14.2. The Balaban J connectivity index is 1.89. The van der Waals surface area contributed by atoms with Gasteiger partial charge in [-0.2, -0.15) is 13.2 Å². The molecule has 5 nitrogen and oxygen atoms in total. The van der Waals surface area contributed by atoms with Gasteiger partial charge in [-0.3, -0.25) is 9.20 Å². The molecule has 1 amide bonds. The van der Waals surface area contributed by atoms with Gasteiger partial charge in [0.25, 0.3) is 0 Å². The average molecular weight is 354 g/mol. The van der Waals surface area contributed by atoms with Crippen molar-refractivity contribution < 1.29 is 18.0 Å². The first kappa shape index (κ1) is 17.7.